The fraction of sp³-hybridized carbons (Fsp3) is 0.538. The van der Waals surface area contributed by atoms with Gasteiger partial charge in [0.2, 0.25) is 0 Å². The highest BCUT2D eigenvalue weighted by Gasteiger charge is 2.41. The molecule has 226 valence electrons. The van der Waals surface area contributed by atoms with Gasteiger partial charge in [0.05, 0.1) is 18.5 Å². The minimum absolute atomic E-state index is 0.169. The zero-order chi connectivity index (χ0) is 28.6. The molecule has 5 atom stereocenters. The molecule has 0 bridgehead atoms. The second-order valence-corrected chi connectivity index (χ2v) is 14.2. The normalized spacial score (nSPS) is 31.6. The summed E-state index contributed by atoms with van der Waals surface area (Å²) in [5, 5.41) is 12.1. The van der Waals surface area contributed by atoms with Crippen molar-refractivity contribution in [1.82, 2.24) is 16.0 Å². The van der Waals surface area contributed by atoms with Crippen LogP contribution in [0.2, 0.25) is 0 Å². The van der Waals surface area contributed by atoms with Crippen molar-refractivity contribution in [2.45, 2.75) is 120 Å². The molecule has 0 aromatic heterocycles. The van der Waals surface area contributed by atoms with E-state index in [2.05, 4.69) is 88.7 Å². The summed E-state index contributed by atoms with van der Waals surface area (Å²) in [6.45, 7) is 0. The van der Waals surface area contributed by atoms with E-state index in [0.717, 1.165) is 24.0 Å². The van der Waals surface area contributed by atoms with Crippen LogP contribution in [0, 0.1) is 11.8 Å². The number of hydrogen-bond acceptors (Lipinski definition) is 4. The van der Waals surface area contributed by atoms with Gasteiger partial charge in [0, 0.05) is 11.5 Å². The highest BCUT2D eigenvalue weighted by atomic mass is 16.5. The second-order valence-electron chi connectivity index (χ2n) is 14.2. The maximum Gasteiger partial charge on any atom is 0.123 e. The van der Waals surface area contributed by atoms with E-state index in [-0.39, 0.29) is 12.3 Å². The Balaban J connectivity index is 1.01. The molecule has 4 heteroatoms. The smallest absolute Gasteiger partial charge is 0.123 e. The van der Waals surface area contributed by atoms with E-state index in [1.807, 2.05) is 0 Å². The average molecular weight is 576 g/mol. The fourth-order valence-electron chi connectivity index (χ4n) is 9.30. The van der Waals surface area contributed by atoms with Crippen molar-refractivity contribution in [3.8, 4) is 16.9 Å². The highest BCUT2D eigenvalue weighted by Crippen LogP contribution is 2.51. The Morgan fingerprint density at radius 3 is 1.98 bits per heavy atom. The van der Waals surface area contributed by atoms with Crippen LogP contribution in [-0.4, -0.2) is 18.4 Å². The van der Waals surface area contributed by atoms with Crippen LogP contribution in [0.3, 0.4) is 0 Å². The molecule has 3 N–H and O–H groups in total. The summed E-state index contributed by atoms with van der Waals surface area (Å²) in [5.74, 6) is 3.65. The van der Waals surface area contributed by atoms with Crippen LogP contribution in [0.4, 0.5) is 0 Å². The molecule has 43 heavy (non-hydrogen) atoms. The van der Waals surface area contributed by atoms with Gasteiger partial charge >= 0.3 is 0 Å². The number of nitrogens with one attached hydrogen (secondary N) is 3. The van der Waals surface area contributed by atoms with Crippen molar-refractivity contribution in [2.75, 3.05) is 0 Å². The van der Waals surface area contributed by atoms with E-state index < -0.39 is 0 Å². The molecule has 5 unspecified atom stereocenters. The molecule has 3 saturated carbocycles. The minimum atomic E-state index is 0.169. The van der Waals surface area contributed by atoms with Crippen molar-refractivity contribution < 1.29 is 4.74 Å². The van der Waals surface area contributed by atoms with E-state index in [0.29, 0.717) is 24.2 Å². The molecule has 1 saturated heterocycles. The van der Waals surface area contributed by atoms with Crippen LogP contribution >= 0.6 is 0 Å². The molecule has 2 aliphatic heterocycles. The maximum atomic E-state index is 6.85. The zero-order valence-electron chi connectivity index (χ0n) is 25.6. The lowest BCUT2D eigenvalue weighted by Crippen LogP contribution is -2.67. The van der Waals surface area contributed by atoms with Crippen molar-refractivity contribution >= 4 is 0 Å². The predicted molar refractivity (Wildman–Crippen MR) is 175 cm³/mol. The fourth-order valence-corrected chi connectivity index (χ4v) is 9.30. The minimum Gasteiger partial charge on any atom is -0.489 e. The third-order valence-corrected chi connectivity index (χ3v) is 11.6. The largest absolute Gasteiger partial charge is 0.489 e. The third-order valence-electron chi connectivity index (χ3n) is 11.6. The lowest BCUT2D eigenvalue weighted by atomic mass is 9.74. The van der Waals surface area contributed by atoms with Gasteiger partial charge < -0.3 is 4.74 Å². The Bertz CT molecular complexity index is 1350. The maximum absolute atomic E-state index is 6.85. The van der Waals surface area contributed by atoms with Crippen LogP contribution < -0.4 is 20.7 Å². The molecule has 0 radical (unpaired) electrons. The van der Waals surface area contributed by atoms with E-state index in [1.54, 1.807) is 0 Å². The molecular formula is C39H49N3O. The van der Waals surface area contributed by atoms with Gasteiger partial charge in [-0.15, -0.1) is 0 Å². The molecule has 3 aromatic rings. The number of rotatable bonds is 5. The van der Waals surface area contributed by atoms with Crippen LogP contribution in [0.1, 0.15) is 118 Å². The average Bonchev–Trinajstić information content (AvgIpc) is 3.46. The van der Waals surface area contributed by atoms with Crippen molar-refractivity contribution in [3.63, 3.8) is 0 Å². The lowest BCUT2D eigenvalue weighted by Gasteiger charge is -2.46. The molecule has 5 aliphatic rings. The van der Waals surface area contributed by atoms with Gasteiger partial charge in [0.25, 0.3) is 0 Å². The van der Waals surface area contributed by atoms with Crippen LogP contribution in [0.25, 0.3) is 11.1 Å². The number of benzene rings is 3. The molecule has 3 aromatic carbocycles. The summed E-state index contributed by atoms with van der Waals surface area (Å²) in [4.78, 5) is 0. The molecule has 0 spiro atoms. The van der Waals surface area contributed by atoms with E-state index in [4.69, 9.17) is 4.74 Å². The van der Waals surface area contributed by atoms with Gasteiger partial charge in [0.1, 0.15) is 11.9 Å². The van der Waals surface area contributed by atoms with Gasteiger partial charge in [-0.2, -0.15) is 0 Å². The molecule has 4 nitrogen and oxygen atoms in total. The summed E-state index contributed by atoms with van der Waals surface area (Å²) in [5.41, 5.74) is 6.96. The first-order valence-electron chi connectivity index (χ1n) is 17.5. The van der Waals surface area contributed by atoms with Gasteiger partial charge in [0.15, 0.2) is 0 Å². The molecule has 0 amide bonds. The van der Waals surface area contributed by atoms with Crippen molar-refractivity contribution in [2.24, 2.45) is 11.8 Å². The summed E-state index contributed by atoms with van der Waals surface area (Å²) < 4.78 is 6.85. The van der Waals surface area contributed by atoms with Crippen LogP contribution in [0.5, 0.6) is 5.75 Å². The standard InChI is InChI=1S/C39H49N3O/c1-4-12-26(13-5-1)31-18-10-11-19-32(31)29-20-22-33-34-23-21-30(25-36(34)43-35(33)24-29)39-41-37(27-14-6-2-7-15-27)40-38(42-39)28-16-8-3-9-17-28/h1,4-5,10-13,18-19,21,23,25,27-29,33,35,37-42H,2-3,6-9,14-17,20,22,24H2. The predicted octanol–water partition coefficient (Wildman–Crippen LogP) is 8.76. The summed E-state index contributed by atoms with van der Waals surface area (Å²) in [7, 11) is 0. The Morgan fingerprint density at radius 2 is 1.26 bits per heavy atom. The molecule has 4 fully saturated rings. The van der Waals surface area contributed by atoms with E-state index in [9.17, 15) is 0 Å². The summed E-state index contributed by atoms with van der Waals surface area (Å²) >= 11 is 0. The Morgan fingerprint density at radius 1 is 0.581 bits per heavy atom. The third kappa shape index (κ3) is 5.67. The molecule has 3 aliphatic carbocycles. The van der Waals surface area contributed by atoms with Crippen molar-refractivity contribution in [3.05, 3.63) is 89.5 Å². The number of hydrogen-bond donors (Lipinski definition) is 3. The first-order valence-corrected chi connectivity index (χ1v) is 17.5. The SMILES string of the molecule is c1ccc(-c2ccccc2C2CCC3c4ccc(C5NC(C6CCCCC6)NC(C6CCCCC6)N5)cc4OC3C2)cc1. The first kappa shape index (κ1) is 27.9. The highest BCUT2D eigenvalue weighted by molar-refractivity contribution is 5.68. The molecule has 8 rings (SSSR count). The van der Waals surface area contributed by atoms with Gasteiger partial charge in [-0.05, 0) is 91.0 Å². The topological polar surface area (TPSA) is 45.3 Å². The van der Waals surface area contributed by atoms with Crippen LogP contribution in [0.15, 0.2) is 72.8 Å². The number of fused-ring (bicyclic) bond motifs is 3. The second kappa shape index (κ2) is 12.4. The van der Waals surface area contributed by atoms with Gasteiger partial charge in [-0.3, -0.25) is 16.0 Å². The number of ether oxygens (including phenoxy) is 1. The molecule has 2 heterocycles. The van der Waals surface area contributed by atoms with Crippen LogP contribution in [-0.2, 0) is 0 Å². The lowest BCUT2D eigenvalue weighted by molar-refractivity contribution is 0.0902. The monoisotopic (exact) mass is 575 g/mol. The van der Waals surface area contributed by atoms with Gasteiger partial charge in [-0.25, -0.2) is 0 Å². The quantitative estimate of drug-likeness (QED) is 0.285. The summed E-state index contributed by atoms with van der Waals surface area (Å²) in [6, 6.07) is 27.1. The van der Waals surface area contributed by atoms with E-state index in [1.165, 1.54) is 105 Å². The van der Waals surface area contributed by atoms with E-state index >= 15 is 0 Å². The summed E-state index contributed by atoms with van der Waals surface area (Å²) in [6.07, 6.45) is 18.4. The zero-order valence-corrected chi connectivity index (χ0v) is 25.6. The Labute approximate surface area is 258 Å². The Kier molecular flexibility index (Phi) is 8.02. The van der Waals surface area contributed by atoms with Gasteiger partial charge in [-0.1, -0.05) is 105 Å². The first-order chi connectivity index (χ1) is 21.3. The molecular weight excluding hydrogens is 526 g/mol. The van der Waals surface area contributed by atoms with Crippen molar-refractivity contribution in [1.29, 1.82) is 0 Å². The Hall–Kier alpha value is -2.66.